The monoisotopic (exact) mass is 346 g/mol. The number of amides is 1. The molecule has 0 bridgehead atoms. The maximum Gasteiger partial charge on any atom is 0.267 e. The van der Waals surface area contributed by atoms with Crippen molar-refractivity contribution in [2.45, 2.75) is 26.4 Å². The van der Waals surface area contributed by atoms with Gasteiger partial charge in [0.15, 0.2) is 0 Å². The lowest BCUT2D eigenvalue weighted by molar-refractivity contribution is 0.0945. The van der Waals surface area contributed by atoms with Crippen LogP contribution < -0.4 is 10.6 Å². The summed E-state index contributed by atoms with van der Waals surface area (Å²) in [4.78, 5) is 17.1. The Balaban J connectivity index is 1.52. The number of nitrogens with zero attached hydrogens (tertiary/aromatic N) is 2. The van der Waals surface area contributed by atoms with Crippen LogP contribution in [-0.2, 0) is 19.5 Å². The van der Waals surface area contributed by atoms with Crippen LogP contribution in [0.25, 0.3) is 0 Å². The van der Waals surface area contributed by atoms with Crippen molar-refractivity contribution in [3.8, 4) is 0 Å². The lowest BCUT2D eigenvalue weighted by Crippen LogP contribution is -2.28. The van der Waals surface area contributed by atoms with Crippen LogP contribution in [0.15, 0.2) is 54.7 Å². The number of carbonyl (C=O) groups excluding carboxylic acids is 1. The number of carbonyl (C=O) groups is 1. The third-order valence-electron chi connectivity index (χ3n) is 4.84. The number of hydrogen-bond acceptors (Lipinski definition) is 3. The molecule has 3 aromatic rings. The molecule has 5 heteroatoms. The van der Waals surface area contributed by atoms with E-state index in [0.29, 0.717) is 13.1 Å². The van der Waals surface area contributed by atoms with Gasteiger partial charge in [0.25, 0.3) is 5.91 Å². The molecule has 0 atom stereocenters. The molecule has 1 amide bonds. The predicted octanol–water partition coefficient (Wildman–Crippen LogP) is 3.14. The van der Waals surface area contributed by atoms with E-state index in [1.165, 1.54) is 5.56 Å². The molecular formula is C21H22N4O. The molecule has 0 aliphatic carbocycles. The number of rotatable bonds is 4. The number of fused-ring (bicyclic) bond motifs is 2. The maximum absolute atomic E-state index is 12.8. The van der Waals surface area contributed by atoms with Crippen molar-refractivity contribution in [3.63, 3.8) is 0 Å². The van der Waals surface area contributed by atoms with Crippen molar-refractivity contribution in [3.05, 3.63) is 82.9 Å². The highest BCUT2D eigenvalue weighted by Crippen LogP contribution is 2.26. The fraction of sp³-hybridized carbons (Fsp3) is 0.238. The van der Waals surface area contributed by atoms with Gasteiger partial charge in [-0.3, -0.25) is 9.78 Å². The van der Waals surface area contributed by atoms with E-state index in [1.807, 2.05) is 36.4 Å². The molecule has 0 fully saturated rings. The first-order chi connectivity index (χ1) is 12.7. The van der Waals surface area contributed by atoms with Gasteiger partial charge in [0.05, 0.1) is 13.1 Å². The van der Waals surface area contributed by atoms with Gasteiger partial charge in [-0.05, 0) is 42.3 Å². The number of hydrogen-bond donors (Lipinski definition) is 2. The predicted molar refractivity (Wildman–Crippen MR) is 102 cm³/mol. The van der Waals surface area contributed by atoms with Crippen LogP contribution >= 0.6 is 0 Å². The van der Waals surface area contributed by atoms with Crippen molar-refractivity contribution < 1.29 is 4.79 Å². The number of para-hydroxylation sites is 1. The fourth-order valence-corrected chi connectivity index (χ4v) is 3.45. The number of anilines is 1. The van der Waals surface area contributed by atoms with Crippen molar-refractivity contribution >= 4 is 11.6 Å². The quantitative estimate of drug-likeness (QED) is 0.763. The molecule has 26 heavy (non-hydrogen) atoms. The second kappa shape index (κ2) is 7.04. The van der Waals surface area contributed by atoms with E-state index in [1.54, 1.807) is 6.20 Å². The van der Waals surface area contributed by atoms with E-state index < -0.39 is 0 Å². The van der Waals surface area contributed by atoms with Crippen LogP contribution in [-0.4, -0.2) is 22.0 Å². The van der Waals surface area contributed by atoms with Gasteiger partial charge in [0.2, 0.25) is 0 Å². The second-order valence-electron chi connectivity index (χ2n) is 6.58. The summed E-state index contributed by atoms with van der Waals surface area (Å²) in [5.74, 6) is -0.0327. The van der Waals surface area contributed by atoms with E-state index >= 15 is 0 Å². The number of aromatic nitrogens is 2. The molecule has 0 spiro atoms. The minimum atomic E-state index is -0.0327. The summed E-state index contributed by atoms with van der Waals surface area (Å²) >= 11 is 0. The van der Waals surface area contributed by atoms with E-state index in [2.05, 4.69) is 39.2 Å². The third kappa shape index (κ3) is 3.20. The van der Waals surface area contributed by atoms with Crippen molar-refractivity contribution in [1.82, 2.24) is 14.9 Å². The molecule has 1 aromatic carbocycles. The highest BCUT2D eigenvalue weighted by molar-refractivity contribution is 5.93. The van der Waals surface area contributed by atoms with Gasteiger partial charge in [-0.15, -0.1) is 0 Å². The van der Waals surface area contributed by atoms with Crippen LogP contribution in [0.3, 0.4) is 0 Å². The summed E-state index contributed by atoms with van der Waals surface area (Å²) in [5, 5.41) is 6.51. The van der Waals surface area contributed by atoms with Gasteiger partial charge in [-0.1, -0.05) is 24.3 Å². The minimum absolute atomic E-state index is 0.0327. The first-order valence-electron chi connectivity index (χ1n) is 8.91. The van der Waals surface area contributed by atoms with Crippen molar-refractivity contribution in [1.29, 1.82) is 0 Å². The zero-order chi connectivity index (χ0) is 17.9. The molecule has 0 unspecified atom stereocenters. The first-order valence-corrected chi connectivity index (χ1v) is 8.91. The van der Waals surface area contributed by atoms with Gasteiger partial charge in [-0.25, -0.2) is 0 Å². The van der Waals surface area contributed by atoms with Gasteiger partial charge >= 0.3 is 0 Å². The Morgan fingerprint density at radius 1 is 1.23 bits per heavy atom. The summed E-state index contributed by atoms with van der Waals surface area (Å²) in [6.45, 7) is 4.07. The number of benzene rings is 1. The third-order valence-corrected chi connectivity index (χ3v) is 4.84. The average molecular weight is 346 g/mol. The smallest absolute Gasteiger partial charge is 0.267 e. The highest BCUT2D eigenvalue weighted by atomic mass is 16.1. The Morgan fingerprint density at radius 3 is 2.92 bits per heavy atom. The largest absolute Gasteiger partial charge is 0.379 e. The molecule has 3 heterocycles. The SMILES string of the molecule is Cc1cc(C(=O)NCCc2ccccn2)n2c1CNc1ccccc1C2. The molecule has 4 rings (SSSR count). The standard InChI is InChI=1S/C21H22N4O/c1-15-12-19(21(26)23-11-9-17-7-4-5-10-22-17)25-14-16-6-2-3-8-18(16)24-13-20(15)25/h2-8,10,12,24H,9,11,13-14H2,1H3,(H,23,26). The summed E-state index contributed by atoms with van der Waals surface area (Å²) in [5.41, 5.74) is 6.34. The van der Waals surface area contributed by atoms with Crippen LogP contribution in [0.2, 0.25) is 0 Å². The fourth-order valence-electron chi connectivity index (χ4n) is 3.45. The van der Waals surface area contributed by atoms with Gasteiger partial charge in [0, 0.05) is 36.2 Å². The first kappa shape index (κ1) is 16.4. The topological polar surface area (TPSA) is 59.0 Å². The molecule has 0 saturated heterocycles. The van der Waals surface area contributed by atoms with Crippen LogP contribution in [0.5, 0.6) is 0 Å². The van der Waals surface area contributed by atoms with Gasteiger partial charge in [-0.2, -0.15) is 0 Å². The summed E-state index contributed by atoms with van der Waals surface area (Å²) < 4.78 is 2.13. The van der Waals surface area contributed by atoms with Crippen LogP contribution in [0.1, 0.15) is 33.0 Å². The molecule has 2 N–H and O–H groups in total. The molecule has 0 radical (unpaired) electrons. The molecule has 2 aromatic heterocycles. The Hall–Kier alpha value is -3.08. The molecular weight excluding hydrogens is 324 g/mol. The Morgan fingerprint density at radius 2 is 2.08 bits per heavy atom. The number of nitrogens with one attached hydrogen (secondary N) is 2. The minimum Gasteiger partial charge on any atom is -0.379 e. The average Bonchev–Trinajstić information content (AvgIpc) is 2.86. The molecule has 0 saturated carbocycles. The maximum atomic E-state index is 12.8. The van der Waals surface area contributed by atoms with Crippen LogP contribution in [0.4, 0.5) is 5.69 Å². The van der Waals surface area contributed by atoms with Crippen molar-refractivity contribution in [2.75, 3.05) is 11.9 Å². The van der Waals surface area contributed by atoms with E-state index in [-0.39, 0.29) is 5.91 Å². The lowest BCUT2D eigenvalue weighted by Gasteiger charge is -2.11. The van der Waals surface area contributed by atoms with Crippen molar-refractivity contribution in [2.24, 2.45) is 0 Å². The summed E-state index contributed by atoms with van der Waals surface area (Å²) in [7, 11) is 0. The molecule has 1 aliphatic rings. The normalized spacial score (nSPS) is 12.5. The van der Waals surface area contributed by atoms with E-state index in [9.17, 15) is 4.79 Å². The summed E-state index contributed by atoms with van der Waals surface area (Å²) in [6.07, 6.45) is 2.50. The molecule has 5 nitrogen and oxygen atoms in total. The highest BCUT2D eigenvalue weighted by Gasteiger charge is 2.21. The zero-order valence-corrected chi connectivity index (χ0v) is 14.8. The Bertz CT molecular complexity index is 930. The molecule has 132 valence electrons. The van der Waals surface area contributed by atoms with E-state index in [4.69, 9.17) is 0 Å². The second-order valence-corrected chi connectivity index (χ2v) is 6.58. The van der Waals surface area contributed by atoms with E-state index in [0.717, 1.165) is 41.3 Å². The molecule has 1 aliphatic heterocycles. The number of pyridine rings is 1. The van der Waals surface area contributed by atoms with Crippen LogP contribution in [0, 0.1) is 6.92 Å². The Labute approximate surface area is 153 Å². The van der Waals surface area contributed by atoms with Gasteiger partial charge < -0.3 is 15.2 Å². The zero-order valence-electron chi connectivity index (χ0n) is 14.8. The van der Waals surface area contributed by atoms with Gasteiger partial charge in [0.1, 0.15) is 5.69 Å². The Kier molecular flexibility index (Phi) is 4.44. The number of aryl methyl sites for hydroxylation is 1. The lowest BCUT2D eigenvalue weighted by atomic mass is 10.2. The summed E-state index contributed by atoms with van der Waals surface area (Å²) in [6, 6.07) is 16.1.